The molecule has 3 rings (SSSR count). The van der Waals surface area contributed by atoms with Gasteiger partial charge in [-0.1, -0.05) is 0 Å². The fraction of sp³-hybridized carbons (Fsp3) is 0.125. The highest BCUT2D eigenvalue weighted by atomic mass is 16.3. The summed E-state index contributed by atoms with van der Waals surface area (Å²) < 4.78 is 5.23. The third-order valence-corrected chi connectivity index (χ3v) is 3.26. The van der Waals surface area contributed by atoms with Crippen molar-refractivity contribution in [2.45, 2.75) is 12.8 Å². The predicted octanol–water partition coefficient (Wildman–Crippen LogP) is 3.07. The lowest BCUT2D eigenvalue weighted by Gasteiger charge is -2.01. The predicted molar refractivity (Wildman–Crippen MR) is 76.1 cm³/mol. The lowest BCUT2D eigenvalue weighted by molar-refractivity contribution is 0.0917. The van der Waals surface area contributed by atoms with Crippen LogP contribution in [-0.2, 0) is 0 Å². The van der Waals surface area contributed by atoms with E-state index in [-0.39, 0.29) is 24.4 Å². The maximum atomic E-state index is 12.1. The van der Waals surface area contributed by atoms with Crippen LogP contribution in [0.5, 0.6) is 0 Å². The zero-order valence-corrected chi connectivity index (χ0v) is 11.2. The number of Topliss-reactive ketones (excluding diaryl/α,β-unsaturated/α-hetero) is 2. The van der Waals surface area contributed by atoms with Crippen molar-refractivity contribution in [3.8, 4) is 0 Å². The molecule has 0 atom stereocenters. The van der Waals surface area contributed by atoms with Gasteiger partial charge in [-0.25, -0.2) is 0 Å². The Morgan fingerprint density at radius 3 is 2.52 bits per heavy atom. The molecule has 0 bridgehead atoms. The van der Waals surface area contributed by atoms with Crippen molar-refractivity contribution < 1.29 is 14.0 Å². The topological polar surface area (TPSA) is 73.1 Å². The first kappa shape index (κ1) is 13.2. The zero-order chi connectivity index (χ0) is 14.7. The summed E-state index contributed by atoms with van der Waals surface area (Å²) in [6.07, 6.45) is 4.78. The van der Waals surface area contributed by atoms with Crippen LogP contribution in [0.2, 0.25) is 0 Å². The van der Waals surface area contributed by atoms with Crippen LogP contribution in [0.3, 0.4) is 0 Å². The Kier molecular flexibility index (Phi) is 3.55. The van der Waals surface area contributed by atoms with E-state index in [2.05, 4.69) is 10.2 Å². The van der Waals surface area contributed by atoms with Gasteiger partial charge in [0.1, 0.15) is 5.58 Å². The number of carbonyl (C=O) groups excluding carboxylic acids is 2. The van der Waals surface area contributed by atoms with E-state index >= 15 is 0 Å². The van der Waals surface area contributed by atoms with Crippen LogP contribution >= 0.6 is 0 Å². The van der Waals surface area contributed by atoms with Gasteiger partial charge >= 0.3 is 0 Å². The number of carbonyl (C=O) groups is 2. The molecule has 0 aliphatic rings. The summed E-state index contributed by atoms with van der Waals surface area (Å²) in [5.74, 6) is -0.170. The van der Waals surface area contributed by atoms with Gasteiger partial charge in [-0.15, -0.1) is 0 Å². The molecule has 0 saturated carbocycles. The maximum absolute atomic E-state index is 12.1. The number of aromatic nitrogens is 2. The van der Waals surface area contributed by atoms with Crippen molar-refractivity contribution in [2.24, 2.45) is 0 Å². The SMILES string of the molecule is O=C(CCC(=O)c1ccc2occc2c1)c1ccnnc1. The maximum Gasteiger partial charge on any atom is 0.164 e. The van der Waals surface area contributed by atoms with Crippen molar-refractivity contribution in [1.82, 2.24) is 10.2 Å². The lowest BCUT2D eigenvalue weighted by Crippen LogP contribution is -2.05. The van der Waals surface area contributed by atoms with Gasteiger partial charge < -0.3 is 4.42 Å². The van der Waals surface area contributed by atoms with Gasteiger partial charge in [0.15, 0.2) is 11.6 Å². The summed E-state index contributed by atoms with van der Waals surface area (Å²) in [4.78, 5) is 24.1. The second kappa shape index (κ2) is 5.66. The Balaban J connectivity index is 1.67. The summed E-state index contributed by atoms with van der Waals surface area (Å²) in [7, 11) is 0. The van der Waals surface area contributed by atoms with Gasteiger partial charge in [0, 0.05) is 29.4 Å². The third-order valence-electron chi connectivity index (χ3n) is 3.26. The fourth-order valence-electron chi connectivity index (χ4n) is 2.11. The van der Waals surface area contributed by atoms with Crippen molar-refractivity contribution in [1.29, 1.82) is 0 Å². The highest BCUT2D eigenvalue weighted by Crippen LogP contribution is 2.18. The molecule has 0 saturated heterocycles. The quantitative estimate of drug-likeness (QED) is 0.671. The van der Waals surface area contributed by atoms with E-state index in [9.17, 15) is 9.59 Å². The molecule has 3 aromatic rings. The van der Waals surface area contributed by atoms with Crippen molar-refractivity contribution >= 4 is 22.5 Å². The lowest BCUT2D eigenvalue weighted by atomic mass is 10.0. The first-order chi connectivity index (χ1) is 10.2. The number of furan rings is 1. The number of rotatable bonds is 5. The molecule has 0 fully saturated rings. The Bertz CT molecular complexity index is 793. The highest BCUT2D eigenvalue weighted by Gasteiger charge is 2.12. The summed E-state index contributed by atoms with van der Waals surface area (Å²) in [6, 6.07) is 8.65. The number of hydrogen-bond acceptors (Lipinski definition) is 5. The van der Waals surface area contributed by atoms with E-state index in [1.165, 1.54) is 12.4 Å². The highest BCUT2D eigenvalue weighted by molar-refractivity contribution is 6.03. The van der Waals surface area contributed by atoms with Gasteiger partial charge in [0.25, 0.3) is 0 Å². The molecule has 0 aliphatic carbocycles. The third kappa shape index (κ3) is 2.86. The number of nitrogens with zero attached hydrogens (tertiary/aromatic N) is 2. The molecule has 0 unspecified atom stereocenters. The van der Waals surface area contributed by atoms with Gasteiger partial charge in [0.05, 0.1) is 18.7 Å². The molecule has 1 aromatic carbocycles. The summed E-state index contributed by atoms with van der Waals surface area (Å²) in [5, 5.41) is 8.15. The molecule has 2 aromatic heterocycles. The Hall–Kier alpha value is -2.82. The van der Waals surface area contributed by atoms with Crippen LogP contribution in [-0.4, -0.2) is 21.8 Å². The van der Waals surface area contributed by atoms with Crippen LogP contribution in [0, 0.1) is 0 Å². The first-order valence-electron chi connectivity index (χ1n) is 6.54. The number of ketones is 2. The van der Waals surface area contributed by atoms with E-state index in [4.69, 9.17) is 4.42 Å². The van der Waals surface area contributed by atoms with Gasteiger partial charge in [-0.3, -0.25) is 9.59 Å². The van der Waals surface area contributed by atoms with E-state index in [1.807, 2.05) is 0 Å². The van der Waals surface area contributed by atoms with Gasteiger partial charge in [-0.2, -0.15) is 10.2 Å². The van der Waals surface area contributed by atoms with E-state index in [0.717, 1.165) is 11.0 Å². The van der Waals surface area contributed by atoms with Gasteiger partial charge in [-0.05, 0) is 30.3 Å². The molecule has 0 spiro atoms. The molecule has 5 nitrogen and oxygen atoms in total. The second-order valence-electron chi connectivity index (χ2n) is 4.65. The van der Waals surface area contributed by atoms with E-state index in [1.54, 1.807) is 36.6 Å². The van der Waals surface area contributed by atoms with Crippen molar-refractivity contribution in [3.63, 3.8) is 0 Å². The summed E-state index contributed by atoms with van der Waals surface area (Å²) >= 11 is 0. The first-order valence-corrected chi connectivity index (χ1v) is 6.54. The smallest absolute Gasteiger partial charge is 0.164 e. The molecule has 0 aliphatic heterocycles. The monoisotopic (exact) mass is 280 g/mol. The van der Waals surface area contributed by atoms with Gasteiger partial charge in [0.2, 0.25) is 0 Å². The second-order valence-corrected chi connectivity index (χ2v) is 4.65. The van der Waals surface area contributed by atoms with E-state index < -0.39 is 0 Å². The summed E-state index contributed by atoms with van der Waals surface area (Å²) in [6.45, 7) is 0. The van der Waals surface area contributed by atoms with E-state index in [0.29, 0.717) is 11.1 Å². The molecule has 0 amide bonds. The van der Waals surface area contributed by atoms with Crippen LogP contribution in [0.4, 0.5) is 0 Å². The molecule has 0 radical (unpaired) electrons. The Morgan fingerprint density at radius 2 is 1.76 bits per heavy atom. The number of fused-ring (bicyclic) bond motifs is 1. The Labute approximate surface area is 120 Å². The molecule has 0 N–H and O–H groups in total. The molecular formula is C16H12N2O3. The van der Waals surface area contributed by atoms with Crippen LogP contribution < -0.4 is 0 Å². The average Bonchev–Trinajstić information content (AvgIpc) is 3.00. The average molecular weight is 280 g/mol. The zero-order valence-electron chi connectivity index (χ0n) is 11.2. The minimum absolute atomic E-state index is 0.0616. The standard InChI is InChI=1S/C16H12N2O3/c19-14(2-3-15(20)13-5-7-17-18-10-13)11-1-4-16-12(9-11)6-8-21-16/h1,4-10H,2-3H2. The molecular weight excluding hydrogens is 268 g/mol. The minimum atomic E-state index is -0.109. The summed E-state index contributed by atoms with van der Waals surface area (Å²) in [5.41, 5.74) is 1.80. The van der Waals surface area contributed by atoms with Crippen molar-refractivity contribution in [3.05, 3.63) is 60.1 Å². The number of benzene rings is 1. The molecule has 2 heterocycles. The van der Waals surface area contributed by atoms with Crippen LogP contribution in [0.1, 0.15) is 33.6 Å². The van der Waals surface area contributed by atoms with Crippen LogP contribution in [0.25, 0.3) is 11.0 Å². The largest absolute Gasteiger partial charge is 0.464 e. The number of hydrogen-bond donors (Lipinski definition) is 0. The molecule has 21 heavy (non-hydrogen) atoms. The fourth-order valence-corrected chi connectivity index (χ4v) is 2.11. The Morgan fingerprint density at radius 1 is 0.952 bits per heavy atom. The normalized spacial score (nSPS) is 10.7. The molecule has 104 valence electrons. The van der Waals surface area contributed by atoms with Crippen LogP contribution in [0.15, 0.2) is 53.4 Å². The molecule has 5 heteroatoms. The minimum Gasteiger partial charge on any atom is -0.464 e. The van der Waals surface area contributed by atoms with Crippen molar-refractivity contribution in [2.75, 3.05) is 0 Å².